The van der Waals surface area contributed by atoms with Crippen molar-refractivity contribution in [2.45, 2.75) is 13.5 Å². The Bertz CT molecular complexity index is 816. The molecular formula is C19H17NO4. The lowest BCUT2D eigenvalue weighted by molar-refractivity contribution is -0.139. The summed E-state index contributed by atoms with van der Waals surface area (Å²) >= 11 is 0. The summed E-state index contributed by atoms with van der Waals surface area (Å²) in [4.78, 5) is 16.0. The van der Waals surface area contributed by atoms with Crippen molar-refractivity contribution in [2.75, 3.05) is 6.61 Å². The molecule has 3 aromatic rings. The van der Waals surface area contributed by atoms with Crippen LogP contribution in [0.2, 0.25) is 0 Å². The maximum absolute atomic E-state index is 11.8. The number of hydrogen-bond donors (Lipinski definition) is 0. The molecular weight excluding hydrogens is 306 g/mol. The first-order chi connectivity index (χ1) is 11.7. The van der Waals surface area contributed by atoms with Gasteiger partial charge >= 0.3 is 5.97 Å². The van der Waals surface area contributed by atoms with E-state index in [1.807, 2.05) is 55.5 Å². The van der Waals surface area contributed by atoms with Crippen LogP contribution in [0.25, 0.3) is 17.2 Å². The topological polar surface area (TPSA) is 61.6 Å². The first-order valence-corrected chi connectivity index (χ1v) is 7.67. The van der Waals surface area contributed by atoms with Crippen molar-refractivity contribution in [2.24, 2.45) is 0 Å². The molecule has 0 radical (unpaired) electrons. The lowest BCUT2D eigenvalue weighted by Gasteiger charge is -2.02. The van der Waals surface area contributed by atoms with Gasteiger partial charge in [-0.25, -0.2) is 9.78 Å². The van der Waals surface area contributed by atoms with Gasteiger partial charge in [0.05, 0.1) is 6.61 Å². The lowest BCUT2D eigenvalue weighted by atomic mass is 10.2. The number of nitrogens with zero attached hydrogens (tertiary/aromatic N) is 1. The fraction of sp³-hybridized carbons (Fsp3) is 0.158. The van der Waals surface area contributed by atoms with Crippen LogP contribution in [-0.4, -0.2) is 17.6 Å². The molecule has 0 aliphatic heterocycles. The zero-order valence-electron chi connectivity index (χ0n) is 13.3. The van der Waals surface area contributed by atoms with E-state index in [2.05, 4.69) is 4.98 Å². The van der Waals surface area contributed by atoms with Crippen molar-refractivity contribution in [3.63, 3.8) is 0 Å². The molecule has 0 amide bonds. The second kappa shape index (κ2) is 7.46. The Morgan fingerprint density at radius 1 is 1.17 bits per heavy atom. The highest BCUT2D eigenvalue weighted by atomic mass is 16.5. The van der Waals surface area contributed by atoms with Crippen molar-refractivity contribution >= 4 is 23.1 Å². The zero-order chi connectivity index (χ0) is 16.8. The van der Waals surface area contributed by atoms with Crippen LogP contribution in [0.4, 0.5) is 0 Å². The van der Waals surface area contributed by atoms with Crippen molar-refractivity contribution < 1.29 is 18.7 Å². The minimum absolute atomic E-state index is 0.00112. The van der Waals surface area contributed by atoms with Gasteiger partial charge in [0.15, 0.2) is 12.2 Å². The molecule has 0 N–H and O–H groups in total. The molecule has 5 nitrogen and oxygen atoms in total. The lowest BCUT2D eigenvalue weighted by Crippen LogP contribution is -2.00. The quantitative estimate of drug-likeness (QED) is 0.507. The van der Waals surface area contributed by atoms with Crippen LogP contribution < -0.4 is 4.74 Å². The van der Waals surface area contributed by atoms with Crippen LogP contribution >= 0.6 is 0 Å². The highest BCUT2D eigenvalue weighted by Crippen LogP contribution is 2.15. The first kappa shape index (κ1) is 15.8. The minimum Gasteiger partial charge on any atom is -0.494 e. The number of fused-ring (bicyclic) bond motifs is 1. The van der Waals surface area contributed by atoms with Crippen molar-refractivity contribution in [3.05, 3.63) is 66.1 Å². The summed E-state index contributed by atoms with van der Waals surface area (Å²) in [6, 6.07) is 14.9. The summed E-state index contributed by atoms with van der Waals surface area (Å²) in [5.74, 6) is 0.721. The maximum atomic E-state index is 11.8. The Kier molecular flexibility index (Phi) is 4.91. The number of esters is 1. The molecule has 5 heteroatoms. The molecule has 2 aromatic carbocycles. The molecule has 0 saturated heterocycles. The second-order valence-electron chi connectivity index (χ2n) is 5.02. The molecule has 0 atom stereocenters. The van der Waals surface area contributed by atoms with Gasteiger partial charge in [0.1, 0.15) is 11.3 Å². The molecule has 0 aliphatic rings. The summed E-state index contributed by atoms with van der Waals surface area (Å²) in [6.07, 6.45) is 3.06. The predicted octanol–water partition coefficient (Wildman–Crippen LogP) is 3.98. The number of rotatable bonds is 6. The Morgan fingerprint density at radius 3 is 2.71 bits per heavy atom. The van der Waals surface area contributed by atoms with Crippen LogP contribution in [0, 0.1) is 0 Å². The van der Waals surface area contributed by atoms with Gasteiger partial charge in [-0.1, -0.05) is 24.3 Å². The third kappa shape index (κ3) is 4.01. The highest BCUT2D eigenvalue weighted by Gasteiger charge is 2.07. The van der Waals surface area contributed by atoms with Gasteiger partial charge in [0.25, 0.3) is 0 Å². The molecule has 0 unspecified atom stereocenters. The number of carbonyl (C=O) groups excluding carboxylic acids is 1. The molecule has 1 heterocycles. The van der Waals surface area contributed by atoms with E-state index in [0.29, 0.717) is 18.1 Å². The summed E-state index contributed by atoms with van der Waals surface area (Å²) in [5.41, 5.74) is 2.30. The molecule has 0 aliphatic carbocycles. The normalized spacial score (nSPS) is 11.0. The van der Waals surface area contributed by atoms with Crippen LogP contribution in [0.5, 0.6) is 5.75 Å². The molecule has 3 rings (SSSR count). The standard InChI is InChI=1S/C19H17NO4/c1-2-22-15-10-7-14(8-11-15)9-12-19(21)23-13-18-20-16-5-3-4-6-17(16)24-18/h3-12H,2,13H2,1H3/b12-9+. The van der Waals surface area contributed by atoms with Gasteiger partial charge in [-0.05, 0) is 42.8 Å². The number of oxazole rings is 1. The van der Waals surface area contributed by atoms with E-state index >= 15 is 0 Å². The second-order valence-corrected chi connectivity index (χ2v) is 5.02. The highest BCUT2D eigenvalue weighted by molar-refractivity contribution is 5.87. The smallest absolute Gasteiger partial charge is 0.331 e. The third-order valence-corrected chi connectivity index (χ3v) is 3.28. The summed E-state index contributed by atoms with van der Waals surface area (Å²) < 4.78 is 16.0. The Balaban J connectivity index is 1.54. The van der Waals surface area contributed by atoms with E-state index in [9.17, 15) is 4.79 Å². The molecule has 122 valence electrons. The van der Waals surface area contributed by atoms with Crippen LogP contribution in [-0.2, 0) is 16.1 Å². The fourth-order valence-corrected chi connectivity index (χ4v) is 2.17. The van der Waals surface area contributed by atoms with Crippen LogP contribution in [0.1, 0.15) is 18.4 Å². The number of para-hydroxylation sites is 2. The van der Waals surface area contributed by atoms with Gasteiger partial charge in [-0.3, -0.25) is 0 Å². The van der Waals surface area contributed by atoms with Crippen molar-refractivity contribution in [3.8, 4) is 5.75 Å². The maximum Gasteiger partial charge on any atom is 0.331 e. The van der Waals surface area contributed by atoms with Crippen LogP contribution in [0.15, 0.2) is 59.0 Å². The van der Waals surface area contributed by atoms with Gasteiger partial charge in [-0.15, -0.1) is 0 Å². The number of ether oxygens (including phenoxy) is 2. The van der Waals surface area contributed by atoms with E-state index in [1.54, 1.807) is 6.08 Å². The SMILES string of the molecule is CCOc1ccc(/C=C/C(=O)OCc2nc3ccccc3o2)cc1. The molecule has 1 aromatic heterocycles. The predicted molar refractivity (Wildman–Crippen MR) is 90.5 cm³/mol. The number of hydrogen-bond acceptors (Lipinski definition) is 5. The van der Waals surface area contributed by atoms with E-state index in [4.69, 9.17) is 13.9 Å². The fourth-order valence-electron chi connectivity index (χ4n) is 2.17. The monoisotopic (exact) mass is 323 g/mol. The molecule has 0 saturated carbocycles. The van der Waals surface area contributed by atoms with Gasteiger partial charge in [0, 0.05) is 6.08 Å². The van der Waals surface area contributed by atoms with Gasteiger partial charge in [0.2, 0.25) is 5.89 Å². The van der Waals surface area contributed by atoms with Crippen molar-refractivity contribution in [1.29, 1.82) is 0 Å². The summed E-state index contributed by atoms with van der Waals surface area (Å²) in [6.45, 7) is 2.55. The summed E-state index contributed by atoms with van der Waals surface area (Å²) in [7, 11) is 0. The van der Waals surface area contributed by atoms with Gasteiger partial charge in [-0.2, -0.15) is 0 Å². The van der Waals surface area contributed by atoms with E-state index < -0.39 is 5.97 Å². The van der Waals surface area contributed by atoms with Crippen molar-refractivity contribution in [1.82, 2.24) is 4.98 Å². The van der Waals surface area contributed by atoms with Gasteiger partial charge < -0.3 is 13.9 Å². The molecule has 0 bridgehead atoms. The Hall–Kier alpha value is -3.08. The molecule has 0 spiro atoms. The average Bonchev–Trinajstić information content (AvgIpc) is 3.02. The van der Waals surface area contributed by atoms with E-state index in [1.165, 1.54) is 6.08 Å². The molecule has 0 fully saturated rings. The van der Waals surface area contributed by atoms with E-state index in [0.717, 1.165) is 16.8 Å². The van der Waals surface area contributed by atoms with Crippen LogP contribution in [0.3, 0.4) is 0 Å². The summed E-state index contributed by atoms with van der Waals surface area (Å²) in [5, 5.41) is 0. The minimum atomic E-state index is -0.453. The Morgan fingerprint density at radius 2 is 1.96 bits per heavy atom. The average molecular weight is 323 g/mol. The first-order valence-electron chi connectivity index (χ1n) is 7.67. The van der Waals surface area contributed by atoms with E-state index in [-0.39, 0.29) is 6.61 Å². The largest absolute Gasteiger partial charge is 0.494 e. The number of carbonyl (C=O) groups is 1. The molecule has 24 heavy (non-hydrogen) atoms. The third-order valence-electron chi connectivity index (χ3n) is 3.28. The number of benzene rings is 2. The zero-order valence-corrected chi connectivity index (χ0v) is 13.3. The Labute approximate surface area is 139 Å². The number of aromatic nitrogens is 1.